The molecule has 4 heteroatoms. The van der Waals surface area contributed by atoms with Gasteiger partial charge in [0.2, 0.25) is 0 Å². The number of halogens is 2. The Morgan fingerprint density at radius 3 is 2.58 bits per heavy atom. The Morgan fingerprint density at radius 1 is 1.21 bits per heavy atom. The van der Waals surface area contributed by atoms with E-state index >= 15 is 0 Å². The Labute approximate surface area is 126 Å². The molecule has 0 aliphatic rings. The van der Waals surface area contributed by atoms with E-state index in [-0.39, 0.29) is 6.04 Å². The van der Waals surface area contributed by atoms with Gasteiger partial charge in [-0.1, -0.05) is 35.9 Å². The van der Waals surface area contributed by atoms with Crippen LogP contribution in [0.3, 0.4) is 0 Å². The highest BCUT2D eigenvalue weighted by Gasteiger charge is 2.16. The molecule has 2 aromatic carbocycles. The zero-order valence-electron chi connectivity index (χ0n) is 10.8. The summed E-state index contributed by atoms with van der Waals surface area (Å²) in [7, 11) is 3.60. The number of para-hydroxylation sites is 1. The summed E-state index contributed by atoms with van der Waals surface area (Å²) >= 11 is 9.58. The predicted octanol–water partition coefficient (Wildman–Crippen LogP) is 4.42. The number of rotatable bonds is 4. The molecule has 0 heterocycles. The normalized spacial score (nSPS) is 12.2. The minimum atomic E-state index is 0.0433. The molecular weight excluding hydrogens is 326 g/mol. The van der Waals surface area contributed by atoms with Crippen molar-refractivity contribution in [3.05, 3.63) is 63.1 Å². The molecule has 0 aliphatic carbocycles. The van der Waals surface area contributed by atoms with E-state index in [0.29, 0.717) is 5.02 Å². The minimum absolute atomic E-state index is 0.0433. The van der Waals surface area contributed by atoms with Gasteiger partial charge in [0.1, 0.15) is 5.75 Å². The van der Waals surface area contributed by atoms with Gasteiger partial charge in [-0.2, -0.15) is 0 Å². The zero-order valence-corrected chi connectivity index (χ0v) is 13.1. The second-order valence-electron chi connectivity index (χ2n) is 4.14. The Kier molecular flexibility index (Phi) is 4.86. The van der Waals surface area contributed by atoms with Crippen molar-refractivity contribution < 1.29 is 4.74 Å². The molecule has 2 rings (SSSR count). The summed E-state index contributed by atoms with van der Waals surface area (Å²) in [5, 5.41) is 4.00. The second kappa shape index (κ2) is 6.42. The molecular formula is C15H15BrClNO. The first-order valence-electron chi connectivity index (χ1n) is 5.92. The van der Waals surface area contributed by atoms with Gasteiger partial charge < -0.3 is 10.1 Å². The molecule has 1 atom stereocenters. The molecule has 0 radical (unpaired) electrons. The summed E-state index contributed by atoms with van der Waals surface area (Å²) < 4.78 is 6.32. The maximum atomic E-state index is 6.17. The molecule has 0 amide bonds. The van der Waals surface area contributed by atoms with Gasteiger partial charge in [-0.3, -0.25) is 0 Å². The number of hydrogen-bond acceptors (Lipinski definition) is 2. The van der Waals surface area contributed by atoms with Gasteiger partial charge in [0, 0.05) is 10.0 Å². The van der Waals surface area contributed by atoms with Crippen molar-refractivity contribution in [3.8, 4) is 5.75 Å². The van der Waals surface area contributed by atoms with E-state index in [4.69, 9.17) is 16.3 Å². The van der Waals surface area contributed by atoms with Crippen LogP contribution < -0.4 is 10.1 Å². The van der Waals surface area contributed by atoms with Gasteiger partial charge in [0.15, 0.2) is 0 Å². The highest BCUT2D eigenvalue weighted by Crippen LogP contribution is 2.32. The van der Waals surface area contributed by atoms with Gasteiger partial charge in [-0.25, -0.2) is 0 Å². The number of methoxy groups -OCH3 is 1. The van der Waals surface area contributed by atoms with Crippen LogP contribution in [-0.2, 0) is 0 Å². The molecule has 0 bridgehead atoms. The third kappa shape index (κ3) is 3.11. The summed E-state index contributed by atoms with van der Waals surface area (Å²) in [5.74, 6) is 0.862. The average molecular weight is 341 g/mol. The second-order valence-corrected chi connectivity index (χ2v) is 5.40. The Balaban J connectivity index is 2.46. The number of ether oxygens (including phenoxy) is 1. The maximum absolute atomic E-state index is 6.17. The number of nitrogens with one attached hydrogen (secondary N) is 1. The van der Waals surface area contributed by atoms with E-state index in [0.717, 1.165) is 21.3 Å². The van der Waals surface area contributed by atoms with Crippen molar-refractivity contribution in [2.24, 2.45) is 0 Å². The maximum Gasteiger partial charge on any atom is 0.123 e. The molecule has 1 N–H and O–H groups in total. The van der Waals surface area contributed by atoms with E-state index in [1.807, 2.05) is 43.4 Å². The standard InChI is InChI=1S/C15H15BrClNO/c1-18-15(10-7-8-12(16)13(17)9-10)11-5-3-4-6-14(11)19-2/h3-9,15,18H,1-2H3. The zero-order chi connectivity index (χ0) is 13.8. The van der Waals surface area contributed by atoms with Crippen LogP contribution in [0.25, 0.3) is 0 Å². The lowest BCUT2D eigenvalue weighted by Crippen LogP contribution is -2.18. The first-order chi connectivity index (χ1) is 9.17. The van der Waals surface area contributed by atoms with E-state index < -0.39 is 0 Å². The van der Waals surface area contributed by atoms with Gasteiger partial charge in [-0.05, 0) is 46.7 Å². The fraction of sp³-hybridized carbons (Fsp3) is 0.200. The fourth-order valence-corrected chi connectivity index (χ4v) is 2.53. The molecule has 19 heavy (non-hydrogen) atoms. The molecule has 0 saturated carbocycles. The lowest BCUT2D eigenvalue weighted by atomic mass is 9.98. The van der Waals surface area contributed by atoms with E-state index in [1.165, 1.54) is 0 Å². The number of hydrogen-bond donors (Lipinski definition) is 1. The summed E-state index contributed by atoms with van der Waals surface area (Å²) in [6.45, 7) is 0. The SMILES string of the molecule is CNC(c1ccc(Br)c(Cl)c1)c1ccccc1OC. The van der Waals surface area contributed by atoms with Gasteiger partial charge in [-0.15, -0.1) is 0 Å². The fourth-order valence-electron chi connectivity index (χ4n) is 2.10. The van der Waals surface area contributed by atoms with Crippen molar-refractivity contribution in [2.45, 2.75) is 6.04 Å². The predicted molar refractivity (Wildman–Crippen MR) is 83.0 cm³/mol. The van der Waals surface area contributed by atoms with E-state index in [2.05, 4.69) is 27.3 Å². The van der Waals surface area contributed by atoms with Crippen LogP contribution in [0.1, 0.15) is 17.2 Å². The molecule has 0 saturated heterocycles. The molecule has 0 aliphatic heterocycles. The Morgan fingerprint density at radius 2 is 1.95 bits per heavy atom. The van der Waals surface area contributed by atoms with Crippen molar-refractivity contribution >= 4 is 27.5 Å². The third-order valence-corrected chi connectivity index (χ3v) is 4.25. The number of benzene rings is 2. The molecule has 0 fully saturated rings. The monoisotopic (exact) mass is 339 g/mol. The first kappa shape index (κ1) is 14.4. The summed E-state index contributed by atoms with van der Waals surface area (Å²) in [6.07, 6.45) is 0. The van der Waals surface area contributed by atoms with Crippen molar-refractivity contribution in [3.63, 3.8) is 0 Å². The van der Waals surface area contributed by atoms with Crippen molar-refractivity contribution in [2.75, 3.05) is 14.2 Å². The lowest BCUT2D eigenvalue weighted by Gasteiger charge is -2.20. The molecule has 2 aromatic rings. The van der Waals surface area contributed by atoms with Crippen LogP contribution in [0, 0.1) is 0 Å². The van der Waals surface area contributed by atoms with Crippen molar-refractivity contribution in [1.29, 1.82) is 0 Å². The Bertz CT molecular complexity index is 574. The van der Waals surface area contributed by atoms with Gasteiger partial charge in [0.25, 0.3) is 0 Å². The van der Waals surface area contributed by atoms with Gasteiger partial charge >= 0.3 is 0 Å². The highest BCUT2D eigenvalue weighted by molar-refractivity contribution is 9.10. The van der Waals surface area contributed by atoms with Crippen LogP contribution >= 0.6 is 27.5 Å². The van der Waals surface area contributed by atoms with Crippen molar-refractivity contribution in [1.82, 2.24) is 5.32 Å². The average Bonchev–Trinajstić information content (AvgIpc) is 2.44. The summed E-state index contributed by atoms with van der Waals surface area (Å²) in [5.41, 5.74) is 2.19. The van der Waals surface area contributed by atoms with Crippen LogP contribution in [-0.4, -0.2) is 14.2 Å². The molecule has 0 aromatic heterocycles. The van der Waals surface area contributed by atoms with E-state index in [1.54, 1.807) is 7.11 Å². The lowest BCUT2D eigenvalue weighted by molar-refractivity contribution is 0.405. The van der Waals surface area contributed by atoms with E-state index in [9.17, 15) is 0 Å². The first-order valence-corrected chi connectivity index (χ1v) is 7.09. The largest absolute Gasteiger partial charge is 0.496 e. The van der Waals surface area contributed by atoms with Crippen LogP contribution in [0.2, 0.25) is 5.02 Å². The quantitative estimate of drug-likeness (QED) is 0.889. The van der Waals surface area contributed by atoms with Crippen LogP contribution in [0.4, 0.5) is 0 Å². The molecule has 100 valence electrons. The highest BCUT2D eigenvalue weighted by atomic mass is 79.9. The topological polar surface area (TPSA) is 21.3 Å². The minimum Gasteiger partial charge on any atom is -0.496 e. The Hall–Kier alpha value is -1.03. The molecule has 0 spiro atoms. The summed E-state index contributed by atoms with van der Waals surface area (Å²) in [6, 6.07) is 14.0. The van der Waals surface area contributed by atoms with Gasteiger partial charge in [0.05, 0.1) is 18.2 Å². The smallest absolute Gasteiger partial charge is 0.123 e. The van der Waals surface area contributed by atoms with Crippen LogP contribution in [0.5, 0.6) is 5.75 Å². The molecule has 2 nitrogen and oxygen atoms in total. The third-order valence-electron chi connectivity index (χ3n) is 3.02. The summed E-state index contributed by atoms with van der Waals surface area (Å²) in [4.78, 5) is 0. The molecule has 1 unspecified atom stereocenters. The van der Waals surface area contributed by atoms with Crippen LogP contribution in [0.15, 0.2) is 46.9 Å².